The molecule has 3 heterocycles. The zero-order chi connectivity index (χ0) is 25.9. The third-order valence-corrected chi connectivity index (χ3v) is 8.19. The Labute approximate surface area is 219 Å². The van der Waals surface area contributed by atoms with Gasteiger partial charge in [0.2, 0.25) is 11.8 Å². The van der Waals surface area contributed by atoms with E-state index in [4.69, 9.17) is 0 Å². The van der Waals surface area contributed by atoms with E-state index >= 15 is 0 Å². The van der Waals surface area contributed by atoms with Gasteiger partial charge in [-0.25, -0.2) is 0 Å². The number of hydrogen-bond acceptors (Lipinski definition) is 5. The Bertz CT molecular complexity index is 1160. The molecule has 2 aliphatic carbocycles. The summed E-state index contributed by atoms with van der Waals surface area (Å²) >= 11 is 0. The number of rotatable bonds is 9. The summed E-state index contributed by atoms with van der Waals surface area (Å²) in [5, 5.41) is 6.32. The van der Waals surface area contributed by atoms with Gasteiger partial charge in [-0.3, -0.25) is 14.4 Å². The second kappa shape index (κ2) is 11.1. The number of carbonyl (C=O) groups is 2. The number of nitrogens with zero attached hydrogens (tertiary/aromatic N) is 3. The van der Waals surface area contributed by atoms with Crippen LogP contribution in [0, 0.1) is 11.8 Å². The fourth-order valence-corrected chi connectivity index (χ4v) is 6.02. The highest BCUT2D eigenvalue weighted by Gasteiger charge is 2.42. The summed E-state index contributed by atoms with van der Waals surface area (Å²) in [6.45, 7) is 5.21. The molecule has 1 aromatic rings. The standard InChI is InChI=1S/C29H39N5O3/c1-20(35)31-12-5-14-33-18-22(25-6-3-4-7-27(25)33)19-34(23-8-9-23)29(37)26-17-30-13-10-24(26)21-11-15-32(2)28(36)16-21/h3-4,6-7,11,15-16,18,23-27,30H,5,8-10,12-14,17,19H2,1-2H3,(H,31,35)/t24-,25-,26+,27?/m1/s1. The van der Waals surface area contributed by atoms with Crippen LogP contribution in [-0.2, 0) is 16.6 Å². The number of amides is 2. The molecule has 2 amide bonds. The van der Waals surface area contributed by atoms with Crippen LogP contribution in [0.1, 0.15) is 44.1 Å². The largest absolute Gasteiger partial charge is 0.370 e. The van der Waals surface area contributed by atoms with Gasteiger partial charge in [-0.2, -0.15) is 0 Å². The van der Waals surface area contributed by atoms with Gasteiger partial charge in [0.05, 0.1) is 12.0 Å². The maximum Gasteiger partial charge on any atom is 0.250 e. The molecule has 0 aromatic carbocycles. The minimum atomic E-state index is -0.171. The smallest absolute Gasteiger partial charge is 0.250 e. The summed E-state index contributed by atoms with van der Waals surface area (Å²) in [7, 11) is 1.76. The first-order chi connectivity index (χ1) is 17.9. The van der Waals surface area contributed by atoms with Crippen molar-refractivity contribution in [1.82, 2.24) is 25.0 Å². The van der Waals surface area contributed by atoms with Crippen molar-refractivity contribution in [3.05, 3.63) is 70.3 Å². The number of carbonyl (C=O) groups excluding carboxylic acids is 2. The van der Waals surface area contributed by atoms with E-state index in [1.165, 1.54) is 5.57 Å². The van der Waals surface area contributed by atoms with E-state index in [0.717, 1.165) is 44.3 Å². The maximum absolute atomic E-state index is 14.1. The van der Waals surface area contributed by atoms with Crippen molar-refractivity contribution in [2.75, 3.05) is 32.7 Å². The van der Waals surface area contributed by atoms with Crippen LogP contribution >= 0.6 is 0 Å². The van der Waals surface area contributed by atoms with Crippen LogP contribution in [0.25, 0.3) is 0 Å². The quantitative estimate of drug-likeness (QED) is 0.501. The molecule has 1 unspecified atom stereocenters. The van der Waals surface area contributed by atoms with Crippen molar-refractivity contribution in [2.45, 2.75) is 50.6 Å². The van der Waals surface area contributed by atoms with Crippen molar-refractivity contribution in [3.8, 4) is 0 Å². The third-order valence-electron chi connectivity index (χ3n) is 8.19. The SMILES string of the molecule is CC(=O)NCCCN1C=C(CN(C(=O)[C@H]2CNCC[C@@H]2c2ccn(C)c(=O)c2)C2CC2)[C@H]2C=CC=CC21. The van der Waals surface area contributed by atoms with E-state index < -0.39 is 0 Å². The Hall–Kier alpha value is -3.13. The van der Waals surface area contributed by atoms with Crippen molar-refractivity contribution >= 4 is 11.8 Å². The predicted molar refractivity (Wildman–Crippen MR) is 144 cm³/mol. The Morgan fingerprint density at radius 1 is 1.19 bits per heavy atom. The van der Waals surface area contributed by atoms with Crippen LogP contribution in [0.15, 0.2) is 59.2 Å². The lowest BCUT2D eigenvalue weighted by atomic mass is 9.80. The number of allylic oxidation sites excluding steroid dienone is 2. The fraction of sp³-hybridized carbons (Fsp3) is 0.552. The highest BCUT2D eigenvalue weighted by molar-refractivity contribution is 5.81. The Morgan fingerprint density at radius 3 is 2.76 bits per heavy atom. The van der Waals surface area contributed by atoms with Gasteiger partial charge in [-0.1, -0.05) is 24.3 Å². The molecule has 0 radical (unpaired) electrons. The zero-order valence-electron chi connectivity index (χ0n) is 21.9. The minimum Gasteiger partial charge on any atom is -0.370 e. The second-order valence-corrected chi connectivity index (χ2v) is 10.9. The molecule has 8 nitrogen and oxygen atoms in total. The van der Waals surface area contributed by atoms with Gasteiger partial charge in [0, 0.05) is 70.6 Å². The first kappa shape index (κ1) is 25.5. The molecule has 1 saturated heterocycles. The topological polar surface area (TPSA) is 86.7 Å². The number of hydrogen-bond donors (Lipinski definition) is 2. The summed E-state index contributed by atoms with van der Waals surface area (Å²) in [6, 6.07) is 4.27. The average Bonchev–Trinajstić information content (AvgIpc) is 3.69. The summed E-state index contributed by atoms with van der Waals surface area (Å²) in [5.41, 5.74) is 2.22. The first-order valence-electron chi connectivity index (χ1n) is 13.7. The normalized spacial score (nSPS) is 26.5. The van der Waals surface area contributed by atoms with Crippen LogP contribution in [0.5, 0.6) is 0 Å². The third kappa shape index (κ3) is 5.74. The predicted octanol–water partition coefficient (Wildman–Crippen LogP) is 1.91. The molecule has 37 heavy (non-hydrogen) atoms. The van der Waals surface area contributed by atoms with Crippen LogP contribution in [0.2, 0.25) is 0 Å². The molecule has 1 aromatic heterocycles. The number of pyridine rings is 1. The first-order valence-corrected chi connectivity index (χ1v) is 13.7. The summed E-state index contributed by atoms with van der Waals surface area (Å²) in [5.74, 6) is 0.349. The Balaban J connectivity index is 1.33. The van der Waals surface area contributed by atoms with Crippen LogP contribution in [0.3, 0.4) is 0 Å². The van der Waals surface area contributed by atoms with Crippen LogP contribution < -0.4 is 16.2 Å². The van der Waals surface area contributed by atoms with Gasteiger partial charge >= 0.3 is 0 Å². The van der Waals surface area contributed by atoms with Crippen LogP contribution in [-0.4, -0.2) is 71.0 Å². The Morgan fingerprint density at radius 2 is 2.00 bits per heavy atom. The highest BCUT2D eigenvalue weighted by atomic mass is 16.2. The van der Waals surface area contributed by atoms with Gasteiger partial charge in [-0.05, 0) is 55.3 Å². The van der Waals surface area contributed by atoms with Crippen LogP contribution in [0.4, 0.5) is 0 Å². The average molecular weight is 506 g/mol. The molecule has 8 heteroatoms. The molecule has 1 saturated carbocycles. The van der Waals surface area contributed by atoms with Crippen molar-refractivity contribution < 1.29 is 9.59 Å². The van der Waals surface area contributed by atoms with Gasteiger partial charge in [0.15, 0.2) is 0 Å². The number of fused-ring (bicyclic) bond motifs is 1. The minimum absolute atomic E-state index is 0.000913. The Kier molecular flexibility index (Phi) is 7.65. The summed E-state index contributed by atoms with van der Waals surface area (Å²) < 4.78 is 1.58. The van der Waals surface area contributed by atoms with Crippen molar-refractivity contribution in [3.63, 3.8) is 0 Å². The molecule has 198 valence electrons. The van der Waals surface area contributed by atoms with E-state index in [1.54, 1.807) is 24.6 Å². The lowest BCUT2D eigenvalue weighted by Crippen LogP contribution is -2.48. The molecule has 5 rings (SSSR count). The van der Waals surface area contributed by atoms with Crippen molar-refractivity contribution in [1.29, 1.82) is 0 Å². The monoisotopic (exact) mass is 505 g/mol. The lowest BCUT2D eigenvalue weighted by molar-refractivity contribution is -0.137. The number of aryl methyl sites for hydroxylation is 1. The fourth-order valence-electron chi connectivity index (χ4n) is 6.02. The van der Waals surface area contributed by atoms with E-state index in [0.29, 0.717) is 25.7 Å². The molecule has 2 N–H and O–H groups in total. The zero-order valence-corrected chi connectivity index (χ0v) is 21.9. The number of aromatic nitrogens is 1. The highest BCUT2D eigenvalue weighted by Crippen LogP contribution is 2.38. The molecule has 0 bridgehead atoms. The number of piperidine rings is 1. The van der Waals surface area contributed by atoms with Gasteiger partial charge in [-0.15, -0.1) is 0 Å². The van der Waals surface area contributed by atoms with E-state index in [1.807, 2.05) is 12.3 Å². The summed E-state index contributed by atoms with van der Waals surface area (Å²) in [4.78, 5) is 42.2. The molecular weight excluding hydrogens is 466 g/mol. The number of nitrogens with one attached hydrogen (secondary N) is 2. The lowest BCUT2D eigenvalue weighted by Gasteiger charge is -2.36. The maximum atomic E-state index is 14.1. The molecule has 2 fully saturated rings. The summed E-state index contributed by atoms with van der Waals surface area (Å²) in [6.07, 6.45) is 16.6. The van der Waals surface area contributed by atoms with E-state index in [-0.39, 0.29) is 41.2 Å². The molecular formula is C29H39N5O3. The van der Waals surface area contributed by atoms with E-state index in [2.05, 4.69) is 50.9 Å². The molecule has 4 atom stereocenters. The molecule has 4 aliphatic rings. The van der Waals surface area contributed by atoms with Gasteiger partial charge in [0.25, 0.3) is 5.56 Å². The van der Waals surface area contributed by atoms with Gasteiger partial charge in [0.1, 0.15) is 0 Å². The van der Waals surface area contributed by atoms with Crippen molar-refractivity contribution in [2.24, 2.45) is 18.9 Å². The van der Waals surface area contributed by atoms with Gasteiger partial charge < -0.3 is 25.0 Å². The molecule has 2 aliphatic heterocycles. The second-order valence-electron chi connectivity index (χ2n) is 10.9. The molecule has 0 spiro atoms. The van der Waals surface area contributed by atoms with E-state index in [9.17, 15) is 14.4 Å².